The van der Waals surface area contributed by atoms with E-state index in [0.29, 0.717) is 11.6 Å². The molecule has 0 N–H and O–H groups in total. The van der Waals surface area contributed by atoms with Gasteiger partial charge in [-0.3, -0.25) is 9.80 Å². The molecule has 25 heavy (non-hydrogen) atoms. The van der Waals surface area contributed by atoms with Crippen LogP contribution < -0.4 is 0 Å². The molecule has 1 aromatic carbocycles. The van der Waals surface area contributed by atoms with E-state index in [1.54, 1.807) is 0 Å². The molecular weight excluding hydrogens is 312 g/mol. The fraction of sp³-hybridized carbons (Fsp3) is 0.450. The van der Waals surface area contributed by atoms with Crippen molar-refractivity contribution in [2.75, 3.05) is 46.3 Å². The number of nitriles is 1. The Bertz CT molecular complexity index is 778. The van der Waals surface area contributed by atoms with Gasteiger partial charge in [0, 0.05) is 50.9 Å². The normalized spacial score (nSPS) is 22.5. The van der Waals surface area contributed by atoms with Crippen molar-refractivity contribution in [3.63, 3.8) is 0 Å². The number of rotatable bonds is 3. The molecule has 0 bridgehead atoms. The number of furan rings is 1. The standard InChI is InChI=1S/C20H24N4O/c1-22-8-10-24-11-9-23(14-17(24)13-22)15-18-6-7-20(25-18)19-5-3-2-4-16(19)12-21/h2-7,17H,8-11,13-15H2,1H3/t17-/m0/s1. The largest absolute Gasteiger partial charge is 0.460 e. The molecule has 1 aromatic heterocycles. The zero-order valence-corrected chi connectivity index (χ0v) is 14.7. The Labute approximate surface area is 149 Å². The molecule has 5 heteroatoms. The van der Waals surface area contributed by atoms with E-state index in [1.807, 2.05) is 36.4 Å². The van der Waals surface area contributed by atoms with Gasteiger partial charge in [-0.1, -0.05) is 12.1 Å². The minimum absolute atomic E-state index is 0.626. The maximum Gasteiger partial charge on any atom is 0.135 e. The average Bonchev–Trinajstić information content (AvgIpc) is 3.09. The van der Waals surface area contributed by atoms with Gasteiger partial charge in [-0.2, -0.15) is 5.26 Å². The predicted molar refractivity (Wildman–Crippen MR) is 97.0 cm³/mol. The molecule has 130 valence electrons. The first-order chi connectivity index (χ1) is 12.2. The van der Waals surface area contributed by atoms with Crippen LogP contribution in [0.5, 0.6) is 0 Å². The van der Waals surface area contributed by atoms with Crippen molar-refractivity contribution in [2.24, 2.45) is 0 Å². The van der Waals surface area contributed by atoms with E-state index < -0.39 is 0 Å². The van der Waals surface area contributed by atoms with E-state index in [-0.39, 0.29) is 0 Å². The molecule has 0 unspecified atom stereocenters. The van der Waals surface area contributed by atoms with Gasteiger partial charge in [0.2, 0.25) is 0 Å². The predicted octanol–water partition coefficient (Wildman–Crippen LogP) is 2.25. The lowest BCUT2D eigenvalue weighted by atomic mass is 10.1. The van der Waals surface area contributed by atoms with E-state index in [1.165, 1.54) is 13.1 Å². The highest BCUT2D eigenvalue weighted by Gasteiger charge is 2.31. The van der Waals surface area contributed by atoms with Gasteiger partial charge in [-0.15, -0.1) is 0 Å². The Morgan fingerprint density at radius 3 is 2.80 bits per heavy atom. The number of benzene rings is 1. The molecule has 2 aliphatic rings. The van der Waals surface area contributed by atoms with Crippen molar-refractivity contribution < 1.29 is 4.42 Å². The van der Waals surface area contributed by atoms with Gasteiger partial charge in [-0.25, -0.2) is 0 Å². The molecule has 2 saturated heterocycles. The van der Waals surface area contributed by atoms with Crippen LogP contribution in [0.4, 0.5) is 0 Å². The second-order valence-corrected chi connectivity index (χ2v) is 7.11. The smallest absolute Gasteiger partial charge is 0.135 e. The first-order valence-electron chi connectivity index (χ1n) is 8.96. The fourth-order valence-corrected chi connectivity index (χ4v) is 3.94. The van der Waals surface area contributed by atoms with Crippen LogP contribution in [0.3, 0.4) is 0 Å². The van der Waals surface area contributed by atoms with Crippen LogP contribution in [0.15, 0.2) is 40.8 Å². The van der Waals surface area contributed by atoms with Crippen molar-refractivity contribution >= 4 is 0 Å². The number of nitrogens with zero attached hydrogens (tertiary/aromatic N) is 4. The highest BCUT2D eigenvalue weighted by Crippen LogP contribution is 2.26. The van der Waals surface area contributed by atoms with Crippen LogP contribution in [0.1, 0.15) is 11.3 Å². The number of hydrogen-bond acceptors (Lipinski definition) is 5. The van der Waals surface area contributed by atoms with Gasteiger partial charge < -0.3 is 9.32 Å². The van der Waals surface area contributed by atoms with E-state index in [0.717, 1.165) is 49.8 Å². The molecular formula is C20H24N4O. The Morgan fingerprint density at radius 2 is 1.92 bits per heavy atom. The maximum absolute atomic E-state index is 9.27. The Hall–Kier alpha value is -2.13. The fourth-order valence-electron chi connectivity index (χ4n) is 3.94. The summed E-state index contributed by atoms with van der Waals surface area (Å²) in [4.78, 5) is 7.53. The minimum Gasteiger partial charge on any atom is -0.460 e. The third kappa shape index (κ3) is 3.47. The minimum atomic E-state index is 0.626. The summed E-state index contributed by atoms with van der Waals surface area (Å²) in [6.07, 6.45) is 0. The van der Waals surface area contributed by atoms with Crippen LogP contribution in [-0.2, 0) is 6.54 Å². The zero-order valence-electron chi connectivity index (χ0n) is 14.7. The van der Waals surface area contributed by atoms with Gasteiger partial charge in [0.15, 0.2) is 0 Å². The van der Waals surface area contributed by atoms with Gasteiger partial charge in [-0.05, 0) is 31.3 Å². The summed E-state index contributed by atoms with van der Waals surface area (Å²) in [5.74, 6) is 1.75. The van der Waals surface area contributed by atoms with Crippen LogP contribution >= 0.6 is 0 Å². The lowest BCUT2D eigenvalue weighted by Crippen LogP contribution is -2.60. The first kappa shape index (κ1) is 16.3. The van der Waals surface area contributed by atoms with E-state index in [9.17, 15) is 5.26 Å². The average molecular weight is 336 g/mol. The molecule has 3 heterocycles. The third-order valence-electron chi connectivity index (χ3n) is 5.33. The third-order valence-corrected chi connectivity index (χ3v) is 5.33. The molecule has 2 aromatic rings. The van der Waals surface area contributed by atoms with Gasteiger partial charge >= 0.3 is 0 Å². The molecule has 1 atom stereocenters. The molecule has 2 aliphatic heterocycles. The van der Waals surface area contributed by atoms with E-state index in [2.05, 4.69) is 27.8 Å². The van der Waals surface area contributed by atoms with Crippen molar-refractivity contribution in [3.8, 4) is 17.4 Å². The highest BCUT2D eigenvalue weighted by atomic mass is 16.3. The molecule has 0 aliphatic carbocycles. The van der Waals surface area contributed by atoms with E-state index >= 15 is 0 Å². The topological polar surface area (TPSA) is 46.6 Å². The Morgan fingerprint density at radius 1 is 1.08 bits per heavy atom. The summed E-state index contributed by atoms with van der Waals surface area (Å²) in [7, 11) is 2.21. The van der Waals surface area contributed by atoms with Gasteiger partial charge in [0.05, 0.1) is 18.2 Å². The van der Waals surface area contributed by atoms with Gasteiger partial charge in [0.1, 0.15) is 11.5 Å². The molecule has 0 amide bonds. The van der Waals surface area contributed by atoms with Crippen molar-refractivity contribution in [1.29, 1.82) is 5.26 Å². The van der Waals surface area contributed by atoms with Crippen molar-refractivity contribution in [2.45, 2.75) is 12.6 Å². The molecule has 4 rings (SSSR count). The maximum atomic E-state index is 9.27. The summed E-state index contributed by atoms with van der Waals surface area (Å²) in [5, 5.41) is 9.27. The number of hydrogen-bond donors (Lipinski definition) is 0. The van der Waals surface area contributed by atoms with E-state index in [4.69, 9.17) is 4.42 Å². The molecule has 0 radical (unpaired) electrons. The summed E-state index contributed by atoms with van der Waals surface area (Å²) >= 11 is 0. The molecule has 0 saturated carbocycles. The molecule has 5 nitrogen and oxygen atoms in total. The number of piperazine rings is 2. The summed E-state index contributed by atoms with van der Waals surface area (Å²) in [6, 6.07) is 14.5. The Balaban J connectivity index is 1.44. The van der Waals surface area contributed by atoms with Gasteiger partial charge in [0.25, 0.3) is 0 Å². The lowest BCUT2D eigenvalue weighted by Gasteiger charge is -2.46. The molecule has 0 spiro atoms. The van der Waals surface area contributed by atoms with Crippen LogP contribution in [-0.4, -0.2) is 67.1 Å². The second kappa shape index (κ2) is 7.01. The SMILES string of the molecule is CN1CCN2CCN(Cc3ccc(-c4ccccc4C#N)o3)C[C@@H]2C1. The van der Waals surface area contributed by atoms with Crippen molar-refractivity contribution in [1.82, 2.24) is 14.7 Å². The number of likely N-dealkylation sites (N-methyl/N-ethyl adjacent to an activating group) is 1. The quantitative estimate of drug-likeness (QED) is 0.860. The monoisotopic (exact) mass is 336 g/mol. The van der Waals surface area contributed by atoms with Crippen LogP contribution in [0.25, 0.3) is 11.3 Å². The highest BCUT2D eigenvalue weighted by molar-refractivity contribution is 5.66. The second-order valence-electron chi connectivity index (χ2n) is 7.11. The Kier molecular flexibility index (Phi) is 4.58. The van der Waals surface area contributed by atoms with Crippen molar-refractivity contribution in [3.05, 3.63) is 47.7 Å². The summed E-state index contributed by atoms with van der Waals surface area (Å²) < 4.78 is 6.06. The first-order valence-corrected chi connectivity index (χ1v) is 8.96. The summed E-state index contributed by atoms with van der Waals surface area (Å²) in [5.41, 5.74) is 1.53. The number of fused-ring (bicyclic) bond motifs is 1. The van der Waals surface area contributed by atoms with Crippen LogP contribution in [0.2, 0.25) is 0 Å². The summed E-state index contributed by atoms with van der Waals surface area (Å²) in [6.45, 7) is 7.67. The van der Waals surface area contributed by atoms with Crippen LogP contribution in [0, 0.1) is 11.3 Å². The molecule has 2 fully saturated rings. The zero-order chi connectivity index (χ0) is 17.2. The lowest BCUT2D eigenvalue weighted by molar-refractivity contribution is 0.0155.